The Morgan fingerprint density at radius 1 is 1.30 bits per heavy atom. The lowest BCUT2D eigenvalue weighted by molar-refractivity contribution is -0.118. The van der Waals surface area contributed by atoms with Crippen LogP contribution in [-0.4, -0.2) is 42.2 Å². The van der Waals surface area contributed by atoms with Crippen LogP contribution in [0.3, 0.4) is 0 Å². The average molecular weight is 318 g/mol. The molecule has 1 heterocycles. The SMILES string of the molecule is CC(C)C(=O)Nc1cccc(C2CCN(C[C@H](C)CO)CC2)c1. The van der Waals surface area contributed by atoms with Gasteiger partial charge in [-0.15, -0.1) is 0 Å². The number of piperidine rings is 1. The molecular weight excluding hydrogens is 288 g/mol. The molecule has 23 heavy (non-hydrogen) atoms. The van der Waals surface area contributed by atoms with E-state index >= 15 is 0 Å². The average Bonchev–Trinajstić information content (AvgIpc) is 2.55. The van der Waals surface area contributed by atoms with Gasteiger partial charge in [-0.25, -0.2) is 0 Å². The van der Waals surface area contributed by atoms with Gasteiger partial charge in [-0.1, -0.05) is 32.9 Å². The number of hydrogen-bond donors (Lipinski definition) is 2. The second-order valence-electron chi connectivity index (χ2n) is 7.13. The molecule has 0 saturated carbocycles. The van der Waals surface area contributed by atoms with Gasteiger partial charge < -0.3 is 15.3 Å². The second kappa shape index (κ2) is 8.46. The van der Waals surface area contributed by atoms with Crippen LogP contribution in [0, 0.1) is 11.8 Å². The summed E-state index contributed by atoms with van der Waals surface area (Å²) in [5, 5.41) is 12.2. The van der Waals surface area contributed by atoms with Gasteiger partial charge in [-0.2, -0.15) is 0 Å². The number of anilines is 1. The molecule has 0 radical (unpaired) electrons. The van der Waals surface area contributed by atoms with Crippen LogP contribution < -0.4 is 5.32 Å². The zero-order chi connectivity index (χ0) is 16.8. The molecule has 0 aromatic heterocycles. The summed E-state index contributed by atoms with van der Waals surface area (Å²) in [6.07, 6.45) is 2.28. The van der Waals surface area contributed by atoms with Crippen LogP contribution in [0.15, 0.2) is 24.3 Å². The van der Waals surface area contributed by atoms with Gasteiger partial charge >= 0.3 is 0 Å². The predicted molar refractivity (Wildman–Crippen MR) is 94.6 cm³/mol. The van der Waals surface area contributed by atoms with Gasteiger partial charge in [0.05, 0.1) is 0 Å². The van der Waals surface area contributed by atoms with Crippen molar-refractivity contribution in [2.75, 3.05) is 31.6 Å². The van der Waals surface area contributed by atoms with Gasteiger partial charge in [0, 0.05) is 24.8 Å². The summed E-state index contributed by atoms with van der Waals surface area (Å²) in [5.41, 5.74) is 2.22. The maximum Gasteiger partial charge on any atom is 0.226 e. The van der Waals surface area contributed by atoms with Crippen LogP contribution in [0.1, 0.15) is 45.1 Å². The number of aliphatic hydroxyl groups is 1. The van der Waals surface area contributed by atoms with E-state index in [0.29, 0.717) is 11.8 Å². The van der Waals surface area contributed by atoms with Crippen LogP contribution in [0.2, 0.25) is 0 Å². The highest BCUT2D eigenvalue weighted by Crippen LogP contribution is 2.29. The van der Waals surface area contributed by atoms with Crippen molar-refractivity contribution in [3.63, 3.8) is 0 Å². The standard InChI is InChI=1S/C19H30N2O2/c1-14(2)19(23)20-18-6-4-5-17(11-18)16-7-9-21(10-8-16)12-15(3)13-22/h4-6,11,14-16,22H,7-10,12-13H2,1-3H3,(H,20,23)/t15-/m0/s1. The van der Waals surface area contributed by atoms with Gasteiger partial charge in [0.15, 0.2) is 0 Å². The first-order valence-corrected chi connectivity index (χ1v) is 8.73. The van der Waals surface area contributed by atoms with Crippen LogP contribution in [0.5, 0.6) is 0 Å². The molecule has 2 rings (SSSR count). The zero-order valence-electron chi connectivity index (χ0n) is 14.6. The molecule has 1 amide bonds. The number of rotatable bonds is 6. The Morgan fingerprint density at radius 2 is 2.00 bits per heavy atom. The Balaban J connectivity index is 1.92. The number of hydrogen-bond acceptors (Lipinski definition) is 3. The molecule has 4 nitrogen and oxygen atoms in total. The van der Waals surface area contributed by atoms with Crippen molar-refractivity contribution in [2.24, 2.45) is 11.8 Å². The van der Waals surface area contributed by atoms with Crippen molar-refractivity contribution in [3.05, 3.63) is 29.8 Å². The third-order valence-electron chi connectivity index (χ3n) is 4.62. The Hall–Kier alpha value is -1.39. The first kappa shape index (κ1) is 18.0. The molecule has 0 aliphatic carbocycles. The molecule has 0 spiro atoms. The van der Waals surface area contributed by atoms with Crippen molar-refractivity contribution in [1.29, 1.82) is 0 Å². The number of aliphatic hydroxyl groups excluding tert-OH is 1. The molecule has 1 aromatic rings. The highest BCUT2D eigenvalue weighted by atomic mass is 16.3. The fourth-order valence-electron chi connectivity index (χ4n) is 3.10. The van der Waals surface area contributed by atoms with Gasteiger partial charge in [-0.3, -0.25) is 4.79 Å². The number of carbonyl (C=O) groups is 1. The Kier molecular flexibility index (Phi) is 6.60. The number of carbonyl (C=O) groups excluding carboxylic acids is 1. The summed E-state index contributed by atoms with van der Waals surface area (Å²) in [6, 6.07) is 8.28. The molecule has 1 fully saturated rings. The number of nitrogens with one attached hydrogen (secondary N) is 1. The largest absolute Gasteiger partial charge is 0.396 e. The molecule has 1 aliphatic heterocycles. The summed E-state index contributed by atoms with van der Waals surface area (Å²) in [6.45, 7) is 9.30. The summed E-state index contributed by atoms with van der Waals surface area (Å²) in [7, 11) is 0. The number of amides is 1. The van der Waals surface area contributed by atoms with Crippen molar-refractivity contribution in [1.82, 2.24) is 4.90 Å². The second-order valence-corrected chi connectivity index (χ2v) is 7.13. The lowest BCUT2D eigenvalue weighted by Crippen LogP contribution is -2.36. The summed E-state index contributed by atoms with van der Waals surface area (Å²) in [5.74, 6) is 0.970. The van der Waals surface area contributed by atoms with Gasteiger partial charge in [-0.05, 0) is 55.5 Å². The summed E-state index contributed by atoms with van der Waals surface area (Å²) >= 11 is 0. The molecule has 0 bridgehead atoms. The van der Waals surface area contributed by atoms with E-state index in [9.17, 15) is 9.90 Å². The summed E-state index contributed by atoms with van der Waals surface area (Å²) in [4.78, 5) is 14.3. The minimum Gasteiger partial charge on any atom is -0.396 e. The van der Waals surface area contributed by atoms with Crippen LogP contribution in [0.25, 0.3) is 0 Å². The van der Waals surface area contributed by atoms with E-state index < -0.39 is 0 Å². The van der Waals surface area contributed by atoms with E-state index in [1.807, 2.05) is 26.0 Å². The predicted octanol–water partition coefficient (Wildman–Crippen LogP) is 3.09. The van der Waals surface area contributed by atoms with Gasteiger partial charge in [0.25, 0.3) is 0 Å². The zero-order valence-corrected chi connectivity index (χ0v) is 14.6. The fraction of sp³-hybridized carbons (Fsp3) is 0.632. The first-order valence-electron chi connectivity index (χ1n) is 8.73. The highest BCUT2D eigenvalue weighted by Gasteiger charge is 2.21. The third-order valence-corrected chi connectivity index (χ3v) is 4.62. The maximum atomic E-state index is 11.8. The highest BCUT2D eigenvalue weighted by molar-refractivity contribution is 5.92. The maximum absolute atomic E-state index is 11.8. The van der Waals surface area contributed by atoms with Crippen molar-refractivity contribution >= 4 is 11.6 Å². The van der Waals surface area contributed by atoms with E-state index in [1.165, 1.54) is 5.56 Å². The molecule has 2 N–H and O–H groups in total. The summed E-state index contributed by atoms with van der Waals surface area (Å²) < 4.78 is 0. The van der Waals surface area contributed by atoms with Crippen molar-refractivity contribution in [3.8, 4) is 0 Å². The van der Waals surface area contributed by atoms with E-state index in [2.05, 4.69) is 29.3 Å². The smallest absolute Gasteiger partial charge is 0.226 e. The quantitative estimate of drug-likeness (QED) is 0.847. The van der Waals surface area contributed by atoms with Gasteiger partial charge in [0.2, 0.25) is 5.91 Å². The molecule has 0 unspecified atom stereocenters. The van der Waals surface area contributed by atoms with E-state index in [-0.39, 0.29) is 18.4 Å². The third kappa shape index (κ3) is 5.33. The van der Waals surface area contributed by atoms with E-state index in [4.69, 9.17) is 0 Å². The van der Waals surface area contributed by atoms with Crippen LogP contribution >= 0.6 is 0 Å². The lowest BCUT2D eigenvalue weighted by Gasteiger charge is -2.33. The van der Waals surface area contributed by atoms with E-state index in [1.54, 1.807) is 0 Å². The lowest BCUT2D eigenvalue weighted by atomic mass is 9.89. The van der Waals surface area contributed by atoms with Crippen LogP contribution in [-0.2, 0) is 4.79 Å². The molecule has 1 saturated heterocycles. The Bertz CT molecular complexity index is 508. The normalized spacial score (nSPS) is 18.1. The van der Waals surface area contributed by atoms with Gasteiger partial charge in [0.1, 0.15) is 0 Å². The Labute approximate surface area is 139 Å². The molecule has 1 aliphatic rings. The van der Waals surface area contributed by atoms with E-state index in [0.717, 1.165) is 38.2 Å². The fourth-order valence-corrected chi connectivity index (χ4v) is 3.10. The number of nitrogens with zero attached hydrogens (tertiary/aromatic N) is 1. The van der Waals surface area contributed by atoms with Crippen LogP contribution in [0.4, 0.5) is 5.69 Å². The minimum absolute atomic E-state index is 0.00425. The number of likely N-dealkylation sites (tertiary alicyclic amines) is 1. The van der Waals surface area contributed by atoms with Crippen molar-refractivity contribution in [2.45, 2.75) is 39.5 Å². The molecular formula is C19H30N2O2. The molecule has 4 heteroatoms. The minimum atomic E-state index is -0.00425. The Morgan fingerprint density at radius 3 is 2.61 bits per heavy atom. The first-order chi connectivity index (χ1) is 11.0. The topological polar surface area (TPSA) is 52.6 Å². The molecule has 1 atom stereocenters. The monoisotopic (exact) mass is 318 g/mol. The number of benzene rings is 1. The molecule has 1 aromatic carbocycles. The van der Waals surface area contributed by atoms with Crippen molar-refractivity contribution < 1.29 is 9.90 Å². The molecule has 128 valence electrons.